The maximum atomic E-state index is 12.8. The fourth-order valence-electron chi connectivity index (χ4n) is 2.69. The van der Waals surface area contributed by atoms with Gasteiger partial charge >= 0.3 is 6.18 Å². The van der Waals surface area contributed by atoms with Crippen LogP contribution in [0, 0.1) is 0 Å². The number of alkyl halides is 6. The summed E-state index contributed by atoms with van der Waals surface area (Å²) in [6.07, 6.45) is -8.91. The van der Waals surface area contributed by atoms with Gasteiger partial charge < -0.3 is 21.5 Å². The molecule has 1 atom stereocenters. The van der Waals surface area contributed by atoms with Crippen molar-refractivity contribution in [3.8, 4) is 11.4 Å². The van der Waals surface area contributed by atoms with Crippen LogP contribution in [-0.4, -0.2) is 44.9 Å². The topological polar surface area (TPSA) is 134 Å². The third-order valence-electron chi connectivity index (χ3n) is 4.39. The van der Waals surface area contributed by atoms with Crippen LogP contribution in [0.1, 0.15) is 21.7 Å². The zero-order valence-corrected chi connectivity index (χ0v) is 17.1. The molecule has 2 aromatic heterocycles. The van der Waals surface area contributed by atoms with Gasteiger partial charge in [0, 0.05) is 6.54 Å². The van der Waals surface area contributed by atoms with Crippen LogP contribution in [0.2, 0.25) is 0 Å². The Labute approximate surface area is 187 Å². The van der Waals surface area contributed by atoms with Gasteiger partial charge in [-0.1, -0.05) is 12.1 Å². The fourth-order valence-corrected chi connectivity index (χ4v) is 2.69. The molecule has 0 fully saturated rings. The molecule has 0 unspecified atom stereocenters. The number of nitrogens with one attached hydrogen (secondary N) is 1. The van der Waals surface area contributed by atoms with Crippen LogP contribution in [0.3, 0.4) is 0 Å². The molecular formula is C19H17F6N7O2. The number of aromatic nitrogens is 4. The molecule has 0 radical (unpaired) electrons. The molecule has 1 aromatic carbocycles. The second-order valence-electron chi connectivity index (χ2n) is 6.81. The van der Waals surface area contributed by atoms with E-state index in [2.05, 4.69) is 20.4 Å². The van der Waals surface area contributed by atoms with E-state index in [0.29, 0.717) is 10.2 Å². The fraction of sp³-hybridized carbons (Fsp3) is 0.263. The molecule has 0 bridgehead atoms. The number of hydrogen-bond acceptors (Lipinski definition) is 7. The summed E-state index contributed by atoms with van der Waals surface area (Å²) in [4.78, 5) is 19.5. The number of nitrogens with two attached hydrogens (primary N) is 2. The zero-order valence-electron chi connectivity index (χ0n) is 17.1. The Kier molecular flexibility index (Phi) is 7.12. The monoisotopic (exact) mass is 489 g/mol. The lowest BCUT2D eigenvalue weighted by Crippen LogP contribution is -2.27. The Bertz CT molecular complexity index is 1150. The van der Waals surface area contributed by atoms with Crippen molar-refractivity contribution < 1.29 is 35.9 Å². The Morgan fingerprint density at radius 3 is 2.38 bits per heavy atom. The summed E-state index contributed by atoms with van der Waals surface area (Å²) in [7, 11) is 0. The molecule has 3 rings (SSSR count). The first kappa shape index (κ1) is 24.6. The molecule has 0 aliphatic heterocycles. The maximum absolute atomic E-state index is 12.8. The van der Waals surface area contributed by atoms with E-state index in [0.717, 1.165) is 12.4 Å². The number of ether oxygens (including phenoxy) is 1. The van der Waals surface area contributed by atoms with E-state index < -0.39 is 37.1 Å². The van der Waals surface area contributed by atoms with Crippen LogP contribution in [0.15, 0.2) is 36.7 Å². The summed E-state index contributed by atoms with van der Waals surface area (Å²) in [6, 6.07) is 6.68. The van der Waals surface area contributed by atoms with Crippen LogP contribution in [-0.2, 0) is 12.7 Å². The largest absolute Gasteiger partial charge is 0.482 e. The molecule has 0 aliphatic carbocycles. The lowest BCUT2D eigenvalue weighted by atomic mass is 10.2. The summed E-state index contributed by atoms with van der Waals surface area (Å²) in [6.45, 7) is -1.40. The molecule has 5 N–H and O–H groups in total. The number of rotatable bonds is 8. The molecule has 3 aromatic rings. The van der Waals surface area contributed by atoms with Crippen molar-refractivity contribution in [2.24, 2.45) is 0 Å². The van der Waals surface area contributed by atoms with Gasteiger partial charge in [0.1, 0.15) is 30.3 Å². The summed E-state index contributed by atoms with van der Waals surface area (Å²) < 4.78 is 81.6. The van der Waals surface area contributed by atoms with Gasteiger partial charge in [0.15, 0.2) is 11.9 Å². The van der Waals surface area contributed by atoms with Crippen molar-refractivity contribution in [1.82, 2.24) is 25.1 Å². The van der Waals surface area contributed by atoms with Gasteiger partial charge in [0.25, 0.3) is 18.2 Å². The van der Waals surface area contributed by atoms with Crippen molar-refractivity contribution in [3.63, 3.8) is 0 Å². The number of pyridine rings is 1. The molecule has 0 saturated heterocycles. The third-order valence-corrected chi connectivity index (χ3v) is 4.39. The maximum Gasteiger partial charge on any atom is 0.453 e. The highest BCUT2D eigenvalue weighted by atomic mass is 19.4. The standard InChI is InChI=1S/C19H17F6N7O2/c20-6-13(14(21)22)34-10-3-1-9(2-4-10)7-28-17(33)11-5-12(16(27)30-15(11)26)32-8-29-18(31-32)19(23,24)25/h1-5,8,13-14H,6-7H2,(H,28,33)(H4,26,27,30)/t13-/m1/s1. The molecule has 15 heteroatoms. The second-order valence-corrected chi connectivity index (χ2v) is 6.81. The molecule has 2 heterocycles. The number of nitrogen functional groups attached to an aromatic ring is 2. The number of benzene rings is 1. The third kappa shape index (κ3) is 5.65. The number of amides is 1. The lowest BCUT2D eigenvalue weighted by Gasteiger charge is -2.15. The molecule has 182 valence electrons. The van der Waals surface area contributed by atoms with Gasteiger partial charge in [-0.3, -0.25) is 4.79 Å². The van der Waals surface area contributed by atoms with Crippen LogP contribution in [0.5, 0.6) is 5.75 Å². The minimum Gasteiger partial charge on any atom is -0.482 e. The Hall–Kier alpha value is -4.04. The number of carbonyl (C=O) groups excluding carboxylic acids is 1. The van der Waals surface area contributed by atoms with E-state index in [4.69, 9.17) is 16.2 Å². The van der Waals surface area contributed by atoms with Crippen molar-refractivity contribution >= 4 is 17.5 Å². The molecular weight excluding hydrogens is 472 g/mol. The van der Waals surface area contributed by atoms with E-state index in [1.54, 1.807) is 0 Å². The van der Waals surface area contributed by atoms with E-state index in [9.17, 15) is 31.1 Å². The molecule has 0 saturated carbocycles. The van der Waals surface area contributed by atoms with Crippen LogP contribution < -0.4 is 21.5 Å². The van der Waals surface area contributed by atoms with Gasteiger partial charge in [-0.15, -0.1) is 5.10 Å². The smallest absolute Gasteiger partial charge is 0.453 e. The van der Waals surface area contributed by atoms with Crippen LogP contribution >= 0.6 is 0 Å². The zero-order chi connectivity index (χ0) is 25.0. The molecule has 0 aliphatic rings. The second kappa shape index (κ2) is 9.84. The number of carbonyl (C=O) groups is 1. The number of hydrogen-bond donors (Lipinski definition) is 3. The minimum absolute atomic E-state index is 0.0145. The first-order valence-electron chi connectivity index (χ1n) is 9.42. The van der Waals surface area contributed by atoms with Gasteiger partial charge in [-0.2, -0.15) is 13.2 Å². The molecule has 9 nitrogen and oxygen atoms in total. The van der Waals surface area contributed by atoms with Crippen molar-refractivity contribution in [3.05, 3.63) is 53.6 Å². The van der Waals surface area contributed by atoms with E-state index in [1.165, 1.54) is 24.3 Å². The quantitative estimate of drug-likeness (QED) is 0.414. The number of nitrogens with zero attached hydrogens (tertiary/aromatic N) is 4. The Morgan fingerprint density at radius 1 is 1.15 bits per heavy atom. The molecule has 34 heavy (non-hydrogen) atoms. The van der Waals surface area contributed by atoms with Crippen LogP contribution in [0.4, 0.5) is 38.0 Å². The minimum atomic E-state index is -4.78. The van der Waals surface area contributed by atoms with Crippen molar-refractivity contribution in [1.29, 1.82) is 0 Å². The van der Waals surface area contributed by atoms with E-state index in [-0.39, 0.29) is 35.2 Å². The molecule has 0 spiro atoms. The number of halogens is 6. The SMILES string of the molecule is Nc1nc(N)c(-n2cnc(C(F)(F)F)n2)cc1C(=O)NCc1ccc(O[C@H](CF)C(F)F)cc1. The average Bonchev–Trinajstić information content (AvgIpc) is 3.27. The lowest BCUT2D eigenvalue weighted by molar-refractivity contribution is -0.144. The predicted molar refractivity (Wildman–Crippen MR) is 107 cm³/mol. The van der Waals surface area contributed by atoms with Crippen molar-refractivity contribution in [2.75, 3.05) is 18.1 Å². The summed E-state index contributed by atoms with van der Waals surface area (Å²) in [5.41, 5.74) is 11.6. The Morgan fingerprint density at radius 2 is 1.82 bits per heavy atom. The van der Waals surface area contributed by atoms with Crippen LogP contribution in [0.25, 0.3) is 5.69 Å². The average molecular weight is 489 g/mol. The van der Waals surface area contributed by atoms with Gasteiger partial charge in [0.2, 0.25) is 0 Å². The van der Waals surface area contributed by atoms with E-state index >= 15 is 0 Å². The van der Waals surface area contributed by atoms with Gasteiger partial charge in [-0.25, -0.2) is 27.8 Å². The van der Waals surface area contributed by atoms with Crippen molar-refractivity contribution in [2.45, 2.75) is 25.3 Å². The summed E-state index contributed by atoms with van der Waals surface area (Å²) >= 11 is 0. The molecule has 1 amide bonds. The number of anilines is 2. The normalized spacial score (nSPS) is 12.6. The first-order valence-corrected chi connectivity index (χ1v) is 9.42. The van der Waals surface area contributed by atoms with Gasteiger partial charge in [0.05, 0.1) is 5.56 Å². The predicted octanol–water partition coefficient (Wildman–Crippen LogP) is 2.76. The highest BCUT2D eigenvalue weighted by Gasteiger charge is 2.36. The highest BCUT2D eigenvalue weighted by Crippen LogP contribution is 2.27. The van der Waals surface area contributed by atoms with E-state index in [1.807, 2.05) is 0 Å². The summed E-state index contributed by atoms with van der Waals surface area (Å²) in [5, 5.41) is 5.82. The summed E-state index contributed by atoms with van der Waals surface area (Å²) in [5.74, 6) is -2.67. The highest BCUT2D eigenvalue weighted by molar-refractivity contribution is 5.99. The Balaban J connectivity index is 1.71. The van der Waals surface area contributed by atoms with Gasteiger partial charge in [-0.05, 0) is 23.8 Å². The first-order chi connectivity index (χ1) is 16.0.